The van der Waals surface area contributed by atoms with Gasteiger partial charge in [0.05, 0.1) is 0 Å². The smallest absolute Gasteiger partial charge is 0.0413 e. The second-order valence-corrected chi connectivity index (χ2v) is 6.59. The van der Waals surface area contributed by atoms with Crippen molar-refractivity contribution in [1.82, 2.24) is 0 Å². The lowest BCUT2D eigenvalue weighted by molar-refractivity contribution is 0.614. The van der Waals surface area contributed by atoms with Gasteiger partial charge in [-0.25, -0.2) is 0 Å². The lowest BCUT2D eigenvalue weighted by Crippen LogP contribution is -2.34. The van der Waals surface area contributed by atoms with Crippen LogP contribution < -0.4 is 10.6 Å². The molecule has 106 valence electrons. The highest BCUT2D eigenvalue weighted by Gasteiger charge is 2.23. The molecule has 1 atom stereocenters. The van der Waals surface area contributed by atoms with Gasteiger partial charge in [-0.3, -0.25) is 0 Å². The van der Waals surface area contributed by atoms with Gasteiger partial charge in [0.15, 0.2) is 0 Å². The molecule has 3 heteroatoms. The summed E-state index contributed by atoms with van der Waals surface area (Å²) in [6.07, 6.45) is 6.36. The van der Waals surface area contributed by atoms with Gasteiger partial charge in [0, 0.05) is 28.8 Å². The monoisotopic (exact) mass is 324 g/mol. The van der Waals surface area contributed by atoms with Crippen molar-refractivity contribution in [2.24, 2.45) is 5.73 Å². The Labute approximate surface area is 125 Å². The first-order valence-corrected chi connectivity index (χ1v) is 8.21. The number of hydrogen-bond donors (Lipinski definition) is 1. The van der Waals surface area contributed by atoms with Crippen LogP contribution in [0.4, 0.5) is 5.69 Å². The molecule has 2 N–H and O–H groups in total. The van der Waals surface area contributed by atoms with E-state index in [0.29, 0.717) is 6.04 Å². The molecule has 1 aliphatic carbocycles. The van der Waals surface area contributed by atoms with E-state index in [9.17, 15) is 0 Å². The minimum atomic E-state index is 0.210. The number of hydrogen-bond acceptors (Lipinski definition) is 2. The van der Waals surface area contributed by atoms with Crippen LogP contribution >= 0.6 is 15.9 Å². The molecule has 2 rings (SSSR count). The molecule has 1 unspecified atom stereocenters. The predicted octanol–water partition coefficient (Wildman–Crippen LogP) is 4.11. The van der Waals surface area contributed by atoms with E-state index in [1.807, 2.05) is 0 Å². The van der Waals surface area contributed by atoms with Crippen LogP contribution in [0, 0.1) is 0 Å². The van der Waals surface area contributed by atoms with E-state index in [0.717, 1.165) is 17.4 Å². The van der Waals surface area contributed by atoms with Crippen LogP contribution in [0.1, 0.15) is 45.1 Å². The zero-order valence-electron chi connectivity index (χ0n) is 12.0. The number of nitrogens with two attached hydrogens (primary N) is 1. The fourth-order valence-electron chi connectivity index (χ4n) is 3.17. The number of rotatable bonds is 5. The van der Waals surface area contributed by atoms with Crippen molar-refractivity contribution in [3.05, 3.63) is 28.2 Å². The lowest BCUT2D eigenvalue weighted by atomic mass is 10.0. The molecule has 0 bridgehead atoms. The lowest BCUT2D eigenvalue weighted by Gasteiger charge is -2.32. The van der Waals surface area contributed by atoms with Crippen LogP contribution in [0.2, 0.25) is 0 Å². The Morgan fingerprint density at radius 3 is 2.63 bits per heavy atom. The summed E-state index contributed by atoms with van der Waals surface area (Å²) in [4.78, 5) is 2.58. The van der Waals surface area contributed by atoms with E-state index >= 15 is 0 Å². The molecule has 1 aromatic rings. The topological polar surface area (TPSA) is 29.3 Å². The molecule has 0 aromatic heterocycles. The van der Waals surface area contributed by atoms with Crippen molar-refractivity contribution in [3.8, 4) is 0 Å². The molecule has 1 saturated carbocycles. The Hall–Kier alpha value is -0.540. The quantitative estimate of drug-likeness (QED) is 0.883. The van der Waals surface area contributed by atoms with Crippen LogP contribution in [0.25, 0.3) is 0 Å². The Kier molecular flexibility index (Phi) is 5.28. The third-order valence-corrected chi connectivity index (χ3v) is 4.50. The maximum Gasteiger partial charge on any atom is 0.0413 e. The summed E-state index contributed by atoms with van der Waals surface area (Å²) in [7, 11) is 0. The fourth-order valence-corrected chi connectivity index (χ4v) is 3.51. The van der Waals surface area contributed by atoms with Crippen LogP contribution in [-0.4, -0.2) is 18.6 Å². The largest absolute Gasteiger partial charge is 0.369 e. The summed E-state index contributed by atoms with van der Waals surface area (Å²) < 4.78 is 1.16. The van der Waals surface area contributed by atoms with E-state index in [4.69, 9.17) is 5.73 Å². The number of nitrogens with zero attached hydrogens (tertiary/aromatic N) is 1. The fraction of sp³-hybridized carbons (Fsp3) is 0.625. The number of anilines is 1. The third kappa shape index (κ3) is 3.73. The molecule has 1 aliphatic rings. The zero-order valence-corrected chi connectivity index (χ0v) is 13.6. The summed E-state index contributed by atoms with van der Waals surface area (Å²) in [6, 6.07) is 7.54. The Morgan fingerprint density at radius 2 is 2.05 bits per heavy atom. The van der Waals surface area contributed by atoms with Crippen LogP contribution in [0.5, 0.6) is 0 Å². The Morgan fingerprint density at radius 1 is 1.37 bits per heavy atom. The molecule has 0 aliphatic heterocycles. The SMILES string of the molecule is CCN(c1cc(Br)ccc1CC(C)N)C1CCCC1. The van der Waals surface area contributed by atoms with Gasteiger partial charge in [-0.15, -0.1) is 0 Å². The van der Waals surface area contributed by atoms with Crippen molar-refractivity contribution >= 4 is 21.6 Å². The van der Waals surface area contributed by atoms with Crippen molar-refractivity contribution in [2.75, 3.05) is 11.4 Å². The first-order chi connectivity index (χ1) is 9.11. The molecule has 0 radical (unpaired) electrons. The van der Waals surface area contributed by atoms with Crippen LogP contribution in [0.15, 0.2) is 22.7 Å². The molecule has 2 nitrogen and oxygen atoms in total. The van der Waals surface area contributed by atoms with Crippen molar-refractivity contribution in [1.29, 1.82) is 0 Å². The molecule has 0 amide bonds. The summed E-state index contributed by atoms with van der Waals surface area (Å²) >= 11 is 3.61. The van der Waals surface area contributed by atoms with Crippen molar-refractivity contribution < 1.29 is 0 Å². The van der Waals surface area contributed by atoms with Gasteiger partial charge >= 0.3 is 0 Å². The Bertz CT molecular complexity index is 411. The normalized spacial score (nSPS) is 17.7. The third-order valence-electron chi connectivity index (χ3n) is 4.00. The van der Waals surface area contributed by atoms with Crippen molar-refractivity contribution in [2.45, 2.75) is 58.0 Å². The molecule has 0 heterocycles. The van der Waals surface area contributed by atoms with E-state index in [1.165, 1.54) is 36.9 Å². The van der Waals surface area contributed by atoms with Gasteiger partial charge in [0.2, 0.25) is 0 Å². The Balaban J connectivity index is 2.30. The highest BCUT2D eigenvalue weighted by atomic mass is 79.9. The van der Waals surface area contributed by atoms with Gasteiger partial charge in [-0.2, -0.15) is 0 Å². The maximum absolute atomic E-state index is 6.00. The van der Waals surface area contributed by atoms with E-state index in [1.54, 1.807) is 0 Å². The van der Waals surface area contributed by atoms with E-state index in [-0.39, 0.29) is 6.04 Å². The summed E-state index contributed by atoms with van der Waals surface area (Å²) in [5, 5.41) is 0. The minimum Gasteiger partial charge on any atom is -0.369 e. The predicted molar refractivity (Wildman–Crippen MR) is 86.8 cm³/mol. The van der Waals surface area contributed by atoms with Crippen LogP contribution in [0.3, 0.4) is 0 Å². The average molecular weight is 325 g/mol. The van der Waals surface area contributed by atoms with Gasteiger partial charge in [0.1, 0.15) is 0 Å². The molecule has 0 spiro atoms. The first-order valence-electron chi connectivity index (χ1n) is 7.42. The standard InChI is InChI=1S/C16H25BrN2/c1-3-19(15-6-4-5-7-15)16-11-14(17)9-8-13(16)10-12(2)18/h8-9,11-12,15H,3-7,10,18H2,1-2H3. The van der Waals surface area contributed by atoms with Gasteiger partial charge in [-0.1, -0.05) is 34.8 Å². The molecular weight excluding hydrogens is 300 g/mol. The summed E-state index contributed by atoms with van der Waals surface area (Å²) in [5.74, 6) is 0. The van der Waals surface area contributed by atoms with E-state index < -0.39 is 0 Å². The summed E-state index contributed by atoms with van der Waals surface area (Å²) in [5.41, 5.74) is 8.75. The summed E-state index contributed by atoms with van der Waals surface area (Å²) in [6.45, 7) is 5.42. The van der Waals surface area contributed by atoms with E-state index in [2.05, 4.69) is 52.9 Å². The minimum absolute atomic E-state index is 0.210. The second kappa shape index (κ2) is 6.76. The molecular formula is C16H25BrN2. The molecule has 1 aromatic carbocycles. The zero-order chi connectivity index (χ0) is 13.8. The molecule has 19 heavy (non-hydrogen) atoms. The van der Waals surface area contributed by atoms with Crippen molar-refractivity contribution in [3.63, 3.8) is 0 Å². The van der Waals surface area contributed by atoms with Gasteiger partial charge in [-0.05, 0) is 50.8 Å². The van der Waals surface area contributed by atoms with Crippen LogP contribution in [-0.2, 0) is 6.42 Å². The first kappa shape index (κ1) is 14.9. The molecule has 1 fully saturated rings. The highest BCUT2D eigenvalue weighted by molar-refractivity contribution is 9.10. The number of halogens is 1. The van der Waals surface area contributed by atoms with Gasteiger partial charge in [0.25, 0.3) is 0 Å². The average Bonchev–Trinajstić information content (AvgIpc) is 2.87. The highest BCUT2D eigenvalue weighted by Crippen LogP contribution is 2.32. The second-order valence-electron chi connectivity index (χ2n) is 5.68. The maximum atomic E-state index is 6.00. The number of benzene rings is 1. The van der Waals surface area contributed by atoms with Gasteiger partial charge < -0.3 is 10.6 Å². The molecule has 0 saturated heterocycles.